The minimum atomic E-state index is -0.325. The third kappa shape index (κ3) is 4.19. The lowest BCUT2D eigenvalue weighted by Gasteiger charge is -2.14. The van der Waals surface area contributed by atoms with Gasteiger partial charge in [0, 0.05) is 11.0 Å². The van der Waals surface area contributed by atoms with Crippen molar-refractivity contribution in [3.63, 3.8) is 0 Å². The topological polar surface area (TPSA) is 33.1 Å². The van der Waals surface area contributed by atoms with E-state index < -0.39 is 0 Å². The second kappa shape index (κ2) is 5.94. The predicted molar refractivity (Wildman–Crippen MR) is 66.7 cm³/mol. The molecule has 0 aliphatic rings. The van der Waals surface area contributed by atoms with Gasteiger partial charge in [0.15, 0.2) is 0 Å². The van der Waals surface area contributed by atoms with Crippen molar-refractivity contribution in [1.82, 2.24) is 4.98 Å². The van der Waals surface area contributed by atoms with Gasteiger partial charge in [0.25, 0.3) is 0 Å². The zero-order valence-electron chi connectivity index (χ0n) is 8.58. The molecule has 0 saturated heterocycles. The van der Waals surface area contributed by atoms with Crippen molar-refractivity contribution in [2.75, 3.05) is 0 Å². The Morgan fingerprint density at radius 3 is 2.60 bits per heavy atom. The Kier molecular flexibility index (Phi) is 5.19. The molecule has 1 N–H and O–H groups in total. The SMILES string of the molecule is CC(O)C(C)SCc1ccc(Cl)nc1Cl. The molecule has 0 aliphatic carbocycles. The summed E-state index contributed by atoms with van der Waals surface area (Å²) in [6, 6.07) is 3.58. The van der Waals surface area contributed by atoms with Gasteiger partial charge in [-0.3, -0.25) is 0 Å². The molecule has 0 spiro atoms. The highest BCUT2D eigenvalue weighted by molar-refractivity contribution is 7.99. The standard InChI is InChI=1S/C10H13Cl2NOS/c1-6(14)7(2)15-5-8-3-4-9(11)13-10(8)12/h3-4,6-7,14H,5H2,1-2H3. The number of aliphatic hydroxyl groups is 1. The van der Waals surface area contributed by atoms with Crippen LogP contribution in [-0.4, -0.2) is 21.4 Å². The van der Waals surface area contributed by atoms with E-state index in [2.05, 4.69) is 4.98 Å². The highest BCUT2D eigenvalue weighted by Gasteiger charge is 2.10. The lowest BCUT2D eigenvalue weighted by atomic mass is 10.3. The first-order chi connectivity index (χ1) is 7.00. The molecule has 84 valence electrons. The quantitative estimate of drug-likeness (QED) is 0.848. The van der Waals surface area contributed by atoms with Crippen molar-refractivity contribution in [2.45, 2.75) is 31.0 Å². The number of thioether (sulfide) groups is 1. The molecule has 2 unspecified atom stereocenters. The maximum Gasteiger partial charge on any atom is 0.134 e. The zero-order valence-corrected chi connectivity index (χ0v) is 10.9. The molecule has 0 amide bonds. The van der Waals surface area contributed by atoms with Crippen LogP contribution in [0.5, 0.6) is 0 Å². The van der Waals surface area contributed by atoms with Crippen LogP contribution in [0.15, 0.2) is 12.1 Å². The lowest BCUT2D eigenvalue weighted by Crippen LogP contribution is -2.15. The van der Waals surface area contributed by atoms with E-state index in [9.17, 15) is 5.11 Å². The van der Waals surface area contributed by atoms with Gasteiger partial charge in [-0.2, -0.15) is 11.8 Å². The number of hydrogen-bond donors (Lipinski definition) is 1. The molecule has 2 nitrogen and oxygen atoms in total. The molecule has 1 aromatic heterocycles. The summed E-state index contributed by atoms with van der Waals surface area (Å²) in [4.78, 5) is 3.95. The summed E-state index contributed by atoms with van der Waals surface area (Å²) in [5, 5.41) is 10.3. The zero-order chi connectivity index (χ0) is 11.4. The Morgan fingerprint density at radius 1 is 1.40 bits per heavy atom. The highest BCUT2D eigenvalue weighted by Crippen LogP contribution is 2.25. The third-order valence-electron chi connectivity index (χ3n) is 2.07. The molecule has 0 aliphatic heterocycles. The Balaban J connectivity index is 2.58. The van der Waals surface area contributed by atoms with Crippen LogP contribution in [0.3, 0.4) is 0 Å². The van der Waals surface area contributed by atoms with Gasteiger partial charge >= 0.3 is 0 Å². The van der Waals surface area contributed by atoms with Crippen molar-refractivity contribution in [2.24, 2.45) is 0 Å². The van der Waals surface area contributed by atoms with Gasteiger partial charge in [0.1, 0.15) is 10.3 Å². The average Bonchev–Trinajstić information content (AvgIpc) is 2.15. The van der Waals surface area contributed by atoms with E-state index in [1.807, 2.05) is 13.0 Å². The van der Waals surface area contributed by atoms with Crippen molar-refractivity contribution >= 4 is 35.0 Å². The Morgan fingerprint density at radius 2 is 2.07 bits per heavy atom. The molecule has 0 radical (unpaired) electrons. The normalized spacial score (nSPS) is 15.0. The van der Waals surface area contributed by atoms with Crippen LogP contribution < -0.4 is 0 Å². The molecular formula is C10H13Cl2NOS. The van der Waals surface area contributed by atoms with Crippen LogP contribution in [0, 0.1) is 0 Å². The first kappa shape index (κ1) is 13.1. The summed E-state index contributed by atoms with van der Waals surface area (Å²) >= 11 is 13.2. The fraction of sp³-hybridized carbons (Fsp3) is 0.500. The molecule has 0 fully saturated rings. The van der Waals surface area contributed by atoms with Crippen LogP contribution in [0.1, 0.15) is 19.4 Å². The Hall–Kier alpha value is 0.0400. The van der Waals surface area contributed by atoms with E-state index >= 15 is 0 Å². The lowest BCUT2D eigenvalue weighted by molar-refractivity contribution is 0.196. The molecule has 0 aromatic carbocycles. The minimum absolute atomic E-state index is 0.178. The van der Waals surface area contributed by atoms with E-state index in [4.69, 9.17) is 23.2 Å². The van der Waals surface area contributed by atoms with E-state index in [1.54, 1.807) is 24.8 Å². The average molecular weight is 266 g/mol. The second-order valence-corrected chi connectivity index (χ2v) is 5.45. The number of pyridine rings is 1. The van der Waals surface area contributed by atoms with Crippen LogP contribution in [0.4, 0.5) is 0 Å². The molecule has 2 atom stereocenters. The summed E-state index contributed by atoms with van der Waals surface area (Å²) in [7, 11) is 0. The van der Waals surface area contributed by atoms with Crippen LogP contribution in [-0.2, 0) is 5.75 Å². The first-order valence-corrected chi connectivity index (χ1v) is 6.41. The molecule has 0 saturated carbocycles. The van der Waals surface area contributed by atoms with E-state index in [0.29, 0.717) is 10.3 Å². The summed E-state index contributed by atoms with van der Waals surface area (Å²) in [6.07, 6.45) is -0.325. The number of aliphatic hydroxyl groups excluding tert-OH is 1. The van der Waals surface area contributed by atoms with Crippen molar-refractivity contribution in [3.05, 3.63) is 28.0 Å². The highest BCUT2D eigenvalue weighted by atomic mass is 35.5. The van der Waals surface area contributed by atoms with Crippen LogP contribution >= 0.6 is 35.0 Å². The second-order valence-electron chi connectivity index (χ2n) is 3.34. The van der Waals surface area contributed by atoms with Crippen LogP contribution in [0.25, 0.3) is 0 Å². The maximum atomic E-state index is 9.32. The molecule has 1 aromatic rings. The van der Waals surface area contributed by atoms with Crippen molar-refractivity contribution < 1.29 is 5.11 Å². The number of nitrogens with zero attached hydrogens (tertiary/aromatic N) is 1. The molecular weight excluding hydrogens is 253 g/mol. The van der Waals surface area contributed by atoms with Crippen molar-refractivity contribution in [3.8, 4) is 0 Å². The fourth-order valence-electron chi connectivity index (χ4n) is 0.909. The Bertz CT molecular complexity index is 333. The monoisotopic (exact) mass is 265 g/mol. The molecule has 15 heavy (non-hydrogen) atoms. The fourth-order valence-corrected chi connectivity index (χ4v) is 2.35. The molecule has 1 heterocycles. The van der Waals surface area contributed by atoms with Gasteiger partial charge < -0.3 is 5.11 Å². The number of rotatable bonds is 4. The number of halogens is 2. The van der Waals surface area contributed by atoms with Gasteiger partial charge in [-0.1, -0.05) is 36.2 Å². The Labute approximate surface area is 104 Å². The smallest absolute Gasteiger partial charge is 0.134 e. The molecule has 1 rings (SSSR count). The summed E-state index contributed by atoms with van der Waals surface area (Å²) in [5.41, 5.74) is 0.943. The van der Waals surface area contributed by atoms with Gasteiger partial charge in [-0.15, -0.1) is 0 Å². The van der Waals surface area contributed by atoms with Gasteiger partial charge in [0.05, 0.1) is 6.10 Å². The predicted octanol–water partition coefficient (Wildman–Crippen LogP) is 3.39. The molecule has 5 heteroatoms. The van der Waals surface area contributed by atoms with Crippen molar-refractivity contribution in [1.29, 1.82) is 0 Å². The van der Waals surface area contributed by atoms with E-state index in [1.165, 1.54) is 0 Å². The molecule has 0 bridgehead atoms. The van der Waals surface area contributed by atoms with Crippen LogP contribution in [0.2, 0.25) is 10.3 Å². The van der Waals surface area contributed by atoms with E-state index in [-0.39, 0.29) is 11.4 Å². The minimum Gasteiger partial charge on any atom is -0.392 e. The van der Waals surface area contributed by atoms with Gasteiger partial charge in [-0.05, 0) is 18.6 Å². The van der Waals surface area contributed by atoms with E-state index in [0.717, 1.165) is 11.3 Å². The number of hydrogen-bond acceptors (Lipinski definition) is 3. The summed E-state index contributed by atoms with van der Waals surface area (Å²) in [6.45, 7) is 3.76. The van der Waals surface area contributed by atoms with Gasteiger partial charge in [0.2, 0.25) is 0 Å². The summed E-state index contributed by atoms with van der Waals surface area (Å²) < 4.78 is 0. The number of aromatic nitrogens is 1. The third-order valence-corrected chi connectivity index (χ3v) is 4.01. The largest absolute Gasteiger partial charge is 0.392 e. The maximum absolute atomic E-state index is 9.32. The summed E-state index contributed by atoms with van der Waals surface area (Å²) in [5.74, 6) is 0.731. The first-order valence-electron chi connectivity index (χ1n) is 4.61. The van der Waals surface area contributed by atoms with Gasteiger partial charge in [-0.25, -0.2) is 4.98 Å².